The number of carbonyl (C=O) groups excluding carboxylic acids is 1. The summed E-state index contributed by atoms with van der Waals surface area (Å²) in [5.41, 5.74) is -2.41. The van der Waals surface area contributed by atoms with E-state index in [-0.39, 0.29) is 22.9 Å². The first-order chi connectivity index (χ1) is 15.0. The van der Waals surface area contributed by atoms with Gasteiger partial charge in [0, 0.05) is 17.0 Å². The second-order valence-corrected chi connectivity index (χ2v) is 8.79. The molecule has 172 valence electrons. The summed E-state index contributed by atoms with van der Waals surface area (Å²) in [7, 11) is 0. The standard InChI is InChI=1S/C20H14ClF6NO3S/c1-7(19(29)28-4-2-3-11(28)20(30)31)32-12-5-8(10(22)6-9(12)21)13-14(23)16(25)18(27)17(26)15(13)24/h5-7,11H,2-4H2,1H3,(H,30,31)/t7-,11-/m0/s1. The molecule has 2 atom stereocenters. The van der Waals surface area contributed by atoms with Crippen LogP contribution < -0.4 is 0 Å². The lowest BCUT2D eigenvalue weighted by Crippen LogP contribution is -2.43. The fourth-order valence-corrected chi connectivity index (χ4v) is 4.67. The molecule has 0 aliphatic carbocycles. The average Bonchev–Trinajstić information content (AvgIpc) is 3.23. The van der Waals surface area contributed by atoms with Crippen LogP contribution in [-0.2, 0) is 9.59 Å². The minimum Gasteiger partial charge on any atom is -0.480 e. The summed E-state index contributed by atoms with van der Waals surface area (Å²) in [6.07, 6.45) is 0.766. The predicted octanol–water partition coefficient (Wildman–Crippen LogP) is 5.40. The van der Waals surface area contributed by atoms with Crippen molar-refractivity contribution in [3.05, 3.63) is 52.1 Å². The van der Waals surface area contributed by atoms with E-state index in [1.54, 1.807) is 0 Å². The molecule has 0 radical (unpaired) electrons. The third kappa shape index (κ3) is 4.27. The summed E-state index contributed by atoms with van der Waals surface area (Å²) in [5, 5.41) is 8.02. The highest BCUT2D eigenvalue weighted by atomic mass is 35.5. The van der Waals surface area contributed by atoms with Crippen LogP contribution in [0.15, 0.2) is 17.0 Å². The van der Waals surface area contributed by atoms with Gasteiger partial charge >= 0.3 is 5.97 Å². The summed E-state index contributed by atoms with van der Waals surface area (Å²) in [5.74, 6) is -14.4. The Morgan fingerprint density at radius 1 is 1.06 bits per heavy atom. The van der Waals surface area contributed by atoms with Gasteiger partial charge in [-0.2, -0.15) is 0 Å². The van der Waals surface area contributed by atoms with Crippen molar-refractivity contribution in [2.75, 3.05) is 6.54 Å². The van der Waals surface area contributed by atoms with Crippen LogP contribution in [0, 0.1) is 34.9 Å². The molecule has 0 saturated carbocycles. The molecule has 0 aromatic heterocycles. The van der Waals surface area contributed by atoms with Crippen molar-refractivity contribution in [2.24, 2.45) is 0 Å². The Bertz CT molecular complexity index is 1090. The largest absolute Gasteiger partial charge is 0.480 e. The maximum Gasteiger partial charge on any atom is 0.326 e. The number of likely N-dealkylation sites (tertiary alicyclic amines) is 1. The van der Waals surface area contributed by atoms with Crippen molar-refractivity contribution in [1.29, 1.82) is 0 Å². The van der Waals surface area contributed by atoms with Crippen LogP contribution >= 0.6 is 23.4 Å². The van der Waals surface area contributed by atoms with E-state index in [9.17, 15) is 41.0 Å². The Labute approximate surface area is 187 Å². The first-order valence-electron chi connectivity index (χ1n) is 9.16. The molecular weight excluding hydrogens is 484 g/mol. The normalized spacial score (nSPS) is 17.0. The van der Waals surface area contributed by atoms with Gasteiger partial charge in [0.1, 0.15) is 11.9 Å². The molecule has 1 aliphatic heterocycles. The van der Waals surface area contributed by atoms with Gasteiger partial charge in [0.15, 0.2) is 23.3 Å². The van der Waals surface area contributed by atoms with Gasteiger partial charge in [0.05, 0.1) is 15.8 Å². The molecule has 1 N–H and O–H groups in total. The Morgan fingerprint density at radius 2 is 1.62 bits per heavy atom. The van der Waals surface area contributed by atoms with E-state index in [4.69, 9.17) is 11.6 Å². The van der Waals surface area contributed by atoms with Gasteiger partial charge in [-0.1, -0.05) is 11.6 Å². The first-order valence-corrected chi connectivity index (χ1v) is 10.4. The molecular formula is C20H14ClF6NO3S. The number of hydrogen-bond acceptors (Lipinski definition) is 3. The number of benzene rings is 2. The predicted molar refractivity (Wildman–Crippen MR) is 104 cm³/mol. The minimum atomic E-state index is -2.38. The Balaban J connectivity index is 1.99. The van der Waals surface area contributed by atoms with Crippen LogP contribution in [0.25, 0.3) is 11.1 Å². The van der Waals surface area contributed by atoms with Gasteiger partial charge in [0.2, 0.25) is 11.7 Å². The zero-order chi connectivity index (χ0) is 23.9. The lowest BCUT2D eigenvalue weighted by Gasteiger charge is -2.25. The Kier molecular flexibility index (Phi) is 6.99. The average molecular weight is 498 g/mol. The number of aliphatic carboxylic acids is 1. The van der Waals surface area contributed by atoms with Crippen molar-refractivity contribution in [1.82, 2.24) is 4.90 Å². The molecule has 1 fully saturated rings. The van der Waals surface area contributed by atoms with Crippen molar-refractivity contribution in [3.63, 3.8) is 0 Å². The number of hydrogen-bond donors (Lipinski definition) is 1. The third-order valence-corrected chi connectivity index (χ3v) is 6.54. The lowest BCUT2D eigenvalue weighted by atomic mass is 10.0. The molecule has 2 aromatic carbocycles. The zero-order valence-corrected chi connectivity index (χ0v) is 17.8. The third-order valence-electron chi connectivity index (χ3n) is 4.97. The fraction of sp³-hybridized carbons (Fsp3) is 0.300. The molecule has 1 amide bonds. The van der Waals surface area contributed by atoms with Gasteiger partial charge < -0.3 is 10.0 Å². The molecule has 3 rings (SSSR count). The van der Waals surface area contributed by atoms with E-state index in [0.29, 0.717) is 12.5 Å². The van der Waals surface area contributed by atoms with Crippen LogP contribution in [0.2, 0.25) is 5.02 Å². The number of carboxylic acid groups (broad SMARTS) is 1. The molecule has 0 unspecified atom stereocenters. The molecule has 0 bridgehead atoms. The van der Waals surface area contributed by atoms with E-state index >= 15 is 0 Å². The quantitative estimate of drug-likeness (QED) is 0.260. The smallest absolute Gasteiger partial charge is 0.326 e. The Morgan fingerprint density at radius 3 is 2.19 bits per heavy atom. The SMILES string of the molecule is C[C@H](Sc1cc(-c2c(F)c(F)c(F)c(F)c2F)c(F)cc1Cl)C(=O)N1CCC[C@H]1C(=O)O. The van der Waals surface area contributed by atoms with Crippen molar-refractivity contribution < 1.29 is 41.0 Å². The van der Waals surface area contributed by atoms with Crippen LogP contribution in [0.4, 0.5) is 26.3 Å². The number of amides is 1. The highest BCUT2D eigenvalue weighted by Gasteiger charge is 2.36. The van der Waals surface area contributed by atoms with Gasteiger partial charge in [-0.3, -0.25) is 4.79 Å². The van der Waals surface area contributed by atoms with E-state index in [1.165, 1.54) is 11.8 Å². The molecule has 4 nitrogen and oxygen atoms in total. The Hall–Kier alpha value is -2.40. The fourth-order valence-electron chi connectivity index (χ4n) is 3.41. The van der Waals surface area contributed by atoms with Gasteiger partial charge in [-0.05, 0) is 31.9 Å². The van der Waals surface area contributed by atoms with Crippen molar-refractivity contribution >= 4 is 35.2 Å². The molecule has 1 saturated heterocycles. The van der Waals surface area contributed by atoms with Crippen molar-refractivity contribution in [2.45, 2.75) is 36.0 Å². The number of carboxylic acids is 1. The maximum atomic E-state index is 14.4. The molecule has 32 heavy (non-hydrogen) atoms. The molecule has 12 heteroatoms. The van der Waals surface area contributed by atoms with E-state index in [1.807, 2.05) is 0 Å². The van der Waals surface area contributed by atoms with Crippen LogP contribution in [0.5, 0.6) is 0 Å². The van der Waals surface area contributed by atoms with Crippen LogP contribution in [0.3, 0.4) is 0 Å². The maximum absolute atomic E-state index is 14.4. The van der Waals surface area contributed by atoms with E-state index in [0.717, 1.165) is 17.8 Å². The molecule has 1 aliphatic rings. The highest BCUT2D eigenvalue weighted by Crippen LogP contribution is 2.39. The second-order valence-electron chi connectivity index (χ2n) is 7.00. The second kappa shape index (κ2) is 9.22. The summed E-state index contributed by atoms with van der Waals surface area (Å²) >= 11 is 6.70. The topological polar surface area (TPSA) is 57.6 Å². The number of nitrogens with zero attached hydrogens (tertiary/aromatic N) is 1. The lowest BCUT2D eigenvalue weighted by molar-refractivity contribution is -0.147. The highest BCUT2D eigenvalue weighted by molar-refractivity contribution is 8.00. The van der Waals surface area contributed by atoms with E-state index < -0.39 is 69.2 Å². The van der Waals surface area contributed by atoms with Crippen molar-refractivity contribution in [3.8, 4) is 11.1 Å². The summed E-state index contributed by atoms with van der Waals surface area (Å²) in [4.78, 5) is 25.1. The molecule has 1 heterocycles. The summed E-state index contributed by atoms with van der Waals surface area (Å²) in [6, 6.07) is 0.408. The zero-order valence-electron chi connectivity index (χ0n) is 16.2. The first kappa shape index (κ1) is 24.2. The molecule has 2 aromatic rings. The van der Waals surface area contributed by atoms with Gasteiger partial charge in [-0.25, -0.2) is 31.1 Å². The summed E-state index contributed by atoms with van der Waals surface area (Å²) < 4.78 is 83.2. The van der Waals surface area contributed by atoms with Gasteiger partial charge in [0.25, 0.3) is 0 Å². The number of carbonyl (C=O) groups is 2. The van der Waals surface area contributed by atoms with E-state index in [2.05, 4.69) is 0 Å². The number of rotatable bonds is 5. The minimum absolute atomic E-state index is 0.0704. The summed E-state index contributed by atoms with van der Waals surface area (Å²) in [6.45, 7) is 1.63. The van der Waals surface area contributed by atoms with Crippen LogP contribution in [0.1, 0.15) is 19.8 Å². The van der Waals surface area contributed by atoms with Crippen LogP contribution in [-0.4, -0.2) is 39.7 Å². The number of thioether (sulfide) groups is 1. The van der Waals surface area contributed by atoms with Gasteiger partial charge in [-0.15, -0.1) is 11.8 Å². The molecule has 0 spiro atoms. The number of halogens is 7. The monoisotopic (exact) mass is 497 g/mol.